The van der Waals surface area contributed by atoms with Gasteiger partial charge in [0.25, 0.3) is 0 Å². The highest BCUT2D eigenvalue weighted by Gasteiger charge is 2.19. The second-order valence-electron chi connectivity index (χ2n) is 7.08. The molecule has 0 saturated carbocycles. The minimum Gasteiger partial charge on any atom is -0.296 e. The third kappa shape index (κ3) is 4.22. The van der Waals surface area contributed by atoms with Gasteiger partial charge in [-0.2, -0.15) is 16.9 Å². The molecular weight excluding hydrogens is 362 g/mol. The lowest BCUT2D eigenvalue weighted by Crippen LogP contribution is -2.34. The van der Waals surface area contributed by atoms with Gasteiger partial charge in [-0.25, -0.2) is 4.68 Å². The number of rotatable bonds is 5. The molecule has 140 valence electrons. The minimum atomic E-state index is 0.798. The maximum atomic E-state index is 5.84. The van der Waals surface area contributed by atoms with Crippen molar-refractivity contribution in [1.82, 2.24) is 24.1 Å². The number of hydrogen-bond acceptors (Lipinski definition) is 5. The van der Waals surface area contributed by atoms with E-state index < -0.39 is 0 Å². The van der Waals surface area contributed by atoms with Crippen LogP contribution < -0.4 is 0 Å². The van der Waals surface area contributed by atoms with Crippen molar-refractivity contribution in [3.05, 3.63) is 40.9 Å². The van der Waals surface area contributed by atoms with E-state index >= 15 is 0 Å². The van der Waals surface area contributed by atoms with E-state index in [1.807, 2.05) is 22.5 Å². The molecule has 2 aliphatic rings. The topological polar surface area (TPSA) is 29.2 Å². The zero-order valence-corrected chi connectivity index (χ0v) is 16.9. The first-order valence-electron chi connectivity index (χ1n) is 9.58. The summed E-state index contributed by atoms with van der Waals surface area (Å²) in [7, 11) is 0. The molecule has 2 aliphatic heterocycles. The van der Waals surface area contributed by atoms with Crippen molar-refractivity contribution in [2.75, 3.05) is 37.7 Å². The lowest BCUT2D eigenvalue weighted by Gasteiger charge is -2.26. The molecule has 1 aromatic carbocycles. The lowest BCUT2D eigenvalue weighted by atomic mass is 10.1. The second kappa shape index (κ2) is 8.69. The van der Waals surface area contributed by atoms with Crippen LogP contribution in [0.3, 0.4) is 0 Å². The molecule has 0 unspecified atom stereocenters. The van der Waals surface area contributed by atoms with Crippen LogP contribution in [0.15, 0.2) is 30.3 Å². The van der Waals surface area contributed by atoms with Crippen LogP contribution >= 0.6 is 24.0 Å². The Bertz CT molecular complexity index is 758. The zero-order chi connectivity index (χ0) is 17.8. The molecule has 0 amide bonds. The summed E-state index contributed by atoms with van der Waals surface area (Å²) < 4.78 is 5.00. The molecule has 0 spiro atoms. The Hall–Kier alpha value is -1.15. The van der Waals surface area contributed by atoms with E-state index in [9.17, 15) is 0 Å². The Morgan fingerprint density at radius 1 is 0.923 bits per heavy atom. The highest BCUT2D eigenvalue weighted by atomic mass is 32.2. The summed E-state index contributed by atoms with van der Waals surface area (Å²) in [6.45, 7) is 6.24. The van der Waals surface area contributed by atoms with Crippen LogP contribution in [0.2, 0.25) is 0 Å². The van der Waals surface area contributed by atoms with Gasteiger partial charge in [0.05, 0.1) is 13.2 Å². The van der Waals surface area contributed by atoms with E-state index in [0.29, 0.717) is 0 Å². The van der Waals surface area contributed by atoms with Crippen molar-refractivity contribution < 1.29 is 0 Å². The van der Waals surface area contributed by atoms with Crippen LogP contribution in [-0.2, 0) is 13.2 Å². The normalized spacial score (nSPS) is 19.7. The van der Waals surface area contributed by atoms with Gasteiger partial charge in [-0.15, -0.1) is 0 Å². The summed E-state index contributed by atoms with van der Waals surface area (Å²) in [5.41, 5.74) is 1.12. The molecular formula is C19H27N5S2. The molecule has 3 heterocycles. The summed E-state index contributed by atoms with van der Waals surface area (Å²) in [6.07, 6.45) is 3.93. The zero-order valence-electron chi connectivity index (χ0n) is 15.2. The van der Waals surface area contributed by atoms with Gasteiger partial charge in [-0.05, 0) is 50.3 Å². The fourth-order valence-electron chi connectivity index (χ4n) is 3.73. The molecule has 7 heteroatoms. The third-order valence-electron chi connectivity index (χ3n) is 5.17. The third-order valence-corrected chi connectivity index (χ3v) is 6.51. The molecule has 1 aromatic heterocycles. The molecule has 0 bridgehead atoms. The summed E-state index contributed by atoms with van der Waals surface area (Å²) in [6, 6.07) is 10.4. The van der Waals surface area contributed by atoms with Crippen molar-refractivity contribution in [2.24, 2.45) is 0 Å². The molecule has 0 aliphatic carbocycles. The fourth-order valence-corrected chi connectivity index (χ4v) is 5.02. The first-order chi connectivity index (χ1) is 12.8. The number of piperidine rings is 1. The van der Waals surface area contributed by atoms with Crippen molar-refractivity contribution >= 4 is 24.0 Å². The molecule has 0 radical (unpaired) electrons. The predicted octanol–water partition coefficient (Wildman–Crippen LogP) is 3.40. The first-order valence-corrected chi connectivity index (χ1v) is 11.1. The number of likely N-dealkylation sites (tertiary alicyclic amines) is 1. The number of nitrogens with zero attached hydrogens (tertiary/aromatic N) is 5. The van der Waals surface area contributed by atoms with Crippen LogP contribution in [0.4, 0.5) is 0 Å². The maximum Gasteiger partial charge on any atom is 0.203 e. The SMILES string of the molecule is S=c1n(CN2CCSCC2)nc(CN2CCCCC2)n1-c1ccccc1. The summed E-state index contributed by atoms with van der Waals surface area (Å²) in [5.74, 6) is 3.47. The van der Waals surface area contributed by atoms with Crippen LogP contribution in [-0.4, -0.2) is 61.8 Å². The maximum absolute atomic E-state index is 5.84. The molecule has 5 nitrogen and oxygen atoms in total. The number of para-hydroxylation sites is 1. The van der Waals surface area contributed by atoms with Crippen molar-refractivity contribution in [3.63, 3.8) is 0 Å². The van der Waals surface area contributed by atoms with Gasteiger partial charge in [0.15, 0.2) is 5.82 Å². The second-order valence-corrected chi connectivity index (χ2v) is 8.67. The Morgan fingerprint density at radius 2 is 1.65 bits per heavy atom. The summed E-state index contributed by atoms with van der Waals surface area (Å²) in [4.78, 5) is 4.97. The van der Waals surface area contributed by atoms with E-state index in [1.165, 1.54) is 30.8 Å². The van der Waals surface area contributed by atoms with Crippen molar-refractivity contribution in [1.29, 1.82) is 0 Å². The molecule has 4 rings (SSSR count). The standard InChI is InChI=1S/C19H27N5S2/c25-19-23(16-22-11-13-26-14-12-22)20-18(15-21-9-5-2-6-10-21)24(19)17-7-3-1-4-8-17/h1,3-4,7-8H,2,5-6,9-16H2. The quantitative estimate of drug-likeness (QED) is 0.731. The van der Waals surface area contributed by atoms with Crippen LogP contribution in [0, 0.1) is 4.77 Å². The van der Waals surface area contributed by atoms with Gasteiger partial charge in [0.1, 0.15) is 0 Å². The highest BCUT2D eigenvalue weighted by Crippen LogP contribution is 2.18. The van der Waals surface area contributed by atoms with Gasteiger partial charge in [-0.1, -0.05) is 24.6 Å². The molecule has 2 aromatic rings. The number of aromatic nitrogens is 3. The van der Waals surface area contributed by atoms with Crippen LogP contribution in [0.5, 0.6) is 0 Å². The Balaban J connectivity index is 1.63. The van der Waals surface area contributed by atoms with Crippen LogP contribution in [0.1, 0.15) is 25.1 Å². The molecule has 2 saturated heterocycles. The highest BCUT2D eigenvalue weighted by molar-refractivity contribution is 7.99. The smallest absolute Gasteiger partial charge is 0.203 e. The number of hydrogen-bond donors (Lipinski definition) is 0. The molecule has 2 fully saturated rings. The predicted molar refractivity (Wildman–Crippen MR) is 110 cm³/mol. The fraction of sp³-hybridized carbons (Fsp3) is 0.579. The van der Waals surface area contributed by atoms with Crippen molar-refractivity contribution in [2.45, 2.75) is 32.5 Å². The van der Waals surface area contributed by atoms with E-state index in [4.69, 9.17) is 17.3 Å². The summed E-state index contributed by atoms with van der Waals surface area (Å²) in [5, 5.41) is 4.96. The van der Waals surface area contributed by atoms with Crippen molar-refractivity contribution in [3.8, 4) is 5.69 Å². The molecule has 0 atom stereocenters. The van der Waals surface area contributed by atoms with Gasteiger partial charge < -0.3 is 0 Å². The van der Waals surface area contributed by atoms with Gasteiger partial charge in [0.2, 0.25) is 4.77 Å². The van der Waals surface area contributed by atoms with E-state index in [-0.39, 0.29) is 0 Å². The van der Waals surface area contributed by atoms with E-state index in [2.05, 4.69) is 38.6 Å². The molecule has 0 N–H and O–H groups in total. The summed E-state index contributed by atoms with van der Waals surface area (Å²) >= 11 is 7.88. The Morgan fingerprint density at radius 3 is 2.38 bits per heavy atom. The Kier molecular flexibility index (Phi) is 6.09. The average molecular weight is 390 g/mol. The van der Waals surface area contributed by atoms with E-state index in [1.54, 1.807) is 0 Å². The number of thioether (sulfide) groups is 1. The molecule has 26 heavy (non-hydrogen) atoms. The van der Waals surface area contributed by atoms with Crippen LogP contribution in [0.25, 0.3) is 5.69 Å². The Labute approximate surface area is 165 Å². The van der Waals surface area contributed by atoms with Gasteiger partial charge in [-0.3, -0.25) is 14.4 Å². The monoisotopic (exact) mass is 389 g/mol. The van der Waals surface area contributed by atoms with Gasteiger partial charge >= 0.3 is 0 Å². The van der Waals surface area contributed by atoms with E-state index in [0.717, 1.165) is 55.7 Å². The average Bonchev–Trinajstić information content (AvgIpc) is 2.99. The number of benzene rings is 1. The largest absolute Gasteiger partial charge is 0.296 e. The lowest BCUT2D eigenvalue weighted by molar-refractivity contribution is 0.209. The minimum absolute atomic E-state index is 0.798. The van der Waals surface area contributed by atoms with Gasteiger partial charge in [0, 0.05) is 30.3 Å². The first kappa shape index (κ1) is 18.2.